The Balaban J connectivity index is 2.33. The van der Waals surface area contributed by atoms with Gasteiger partial charge in [-0.3, -0.25) is 14.2 Å². The lowest BCUT2D eigenvalue weighted by Gasteiger charge is -2.13. The summed E-state index contributed by atoms with van der Waals surface area (Å²) in [5.41, 5.74) is 0.377. The highest BCUT2D eigenvalue weighted by molar-refractivity contribution is 6.30. The monoisotopic (exact) mass is 422 g/mol. The van der Waals surface area contributed by atoms with Crippen molar-refractivity contribution in [2.24, 2.45) is 0 Å². The van der Waals surface area contributed by atoms with Crippen molar-refractivity contribution in [1.82, 2.24) is 9.88 Å². The maximum atomic E-state index is 14.8. The molecule has 1 heterocycles. The molecule has 3 aromatic rings. The molecule has 6 nitrogen and oxygen atoms in total. The molecule has 0 aliphatic heterocycles. The number of carbonyl (C=O) groups is 2. The van der Waals surface area contributed by atoms with Gasteiger partial charge in [0.05, 0.1) is 11.4 Å². The topological polar surface area (TPSA) is 91.6 Å². The van der Waals surface area contributed by atoms with Gasteiger partial charge in [0.1, 0.15) is 6.73 Å². The van der Waals surface area contributed by atoms with Crippen molar-refractivity contribution in [1.29, 1.82) is 0 Å². The van der Waals surface area contributed by atoms with E-state index in [0.717, 1.165) is 10.6 Å². The van der Waals surface area contributed by atoms with Crippen LogP contribution in [0.3, 0.4) is 0 Å². The Kier molecular flexibility index (Phi) is 5.59. The van der Waals surface area contributed by atoms with E-state index in [1.807, 2.05) is 0 Å². The molecular weight excluding hydrogens is 406 g/mol. The fourth-order valence-electron chi connectivity index (χ4n) is 3.39. The predicted molar refractivity (Wildman–Crippen MR) is 103 cm³/mol. The van der Waals surface area contributed by atoms with Crippen LogP contribution in [0, 0.1) is 18.6 Å². The molecule has 1 aromatic heterocycles. The number of phenols is 1. The molecular formula is C20H17ClF2N2O4. The van der Waals surface area contributed by atoms with Gasteiger partial charge in [0, 0.05) is 27.7 Å². The molecule has 0 spiro atoms. The summed E-state index contributed by atoms with van der Waals surface area (Å²) < 4.78 is 30.0. The third kappa shape index (κ3) is 3.45. The lowest BCUT2D eigenvalue weighted by Crippen LogP contribution is -2.29. The highest BCUT2D eigenvalue weighted by Gasteiger charge is 2.30. The minimum Gasteiger partial charge on any atom is -0.503 e. The molecule has 9 heteroatoms. The van der Waals surface area contributed by atoms with Crippen LogP contribution in [0.2, 0.25) is 5.02 Å². The Morgan fingerprint density at radius 2 is 1.86 bits per heavy atom. The van der Waals surface area contributed by atoms with Gasteiger partial charge in [0.15, 0.2) is 17.4 Å². The SMILES string of the molecule is Cc1c(C(C)C(=O)NCO)c2c(F)c(O)c(F)cc2n1C(=O)c1ccc(Cl)cc1. The number of nitrogens with one attached hydrogen (secondary N) is 1. The summed E-state index contributed by atoms with van der Waals surface area (Å²) in [5, 5.41) is 21.1. The molecule has 2 aromatic carbocycles. The molecule has 1 unspecified atom stereocenters. The van der Waals surface area contributed by atoms with E-state index in [1.165, 1.54) is 38.1 Å². The Morgan fingerprint density at radius 1 is 1.24 bits per heavy atom. The van der Waals surface area contributed by atoms with Gasteiger partial charge in [-0.25, -0.2) is 8.78 Å². The Labute approximate surface area is 169 Å². The minimum atomic E-state index is -1.27. The number of carbonyl (C=O) groups excluding carboxylic acids is 2. The molecule has 29 heavy (non-hydrogen) atoms. The number of aromatic nitrogens is 1. The van der Waals surface area contributed by atoms with Crippen LogP contribution in [-0.2, 0) is 4.79 Å². The van der Waals surface area contributed by atoms with Crippen LogP contribution in [0.1, 0.15) is 34.5 Å². The summed E-state index contributed by atoms with van der Waals surface area (Å²) in [5.74, 6) is -5.93. The molecule has 0 fully saturated rings. The molecule has 3 N–H and O–H groups in total. The van der Waals surface area contributed by atoms with Crippen molar-refractivity contribution in [3.63, 3.8) is 0 Å². The van der Waals surface area contributed by atoms with Crippen LogP contribution < -0.4 is 5.32 Å². The maximum Gasteiger partial charge on any atom is 0.262 e. The van der Waals surface area contributed by atoms with Crippen LogP contribution in [0.4, 0.5) is 8.78 Å². The number of phenolic OH excluding ortho intramolecular Hbond substituents is 1. The van der Waals surface area contributed by atoms with E-state index in [0.29, 0.717) is 5.02 Å². The molecule has 1 amide bonds. The first-order chi connectivity index (χ1) is 13.7. The van der Waals surface area contributed by atoms with Crippen LogP contribution in [0.5, 0.6) is 5.75 Å². The zero-order valence-electron chi connectivity index (χ0n) is 15.5. The number of halogens is 3. The number of amides is 1. The third-order valence-corrected chi connectivity index (χ3v) is 5.03. The van der Waals surface area contributed by atoms with Crippen LogP contribution in [0.15, 0.2) is 30.3 Å². The van der Waals surface area contributed by atoms with Crippen molar-refractivity contribution in [2.75, 3.05) is 6.73 Å². The van der Waals surface area contributed by atoms with Crippen molar-refractivity contribution < 1.29 is 28.6 Å². The second-order valence-corrected chi connectivity index (χ2v) is 6.92. The number of rotatable bonds is 4. The Bertz CT molecular complexity index is 1130. The number of nitrogens with zero attached hydrogens (tertiary/aromatic N) is 1. The number of hydrogen-bond donors (Lipinski definition) is 3. The molecule has 0 saturated heterocycles. The van der Waals surface area contributed by atoms with Crippen molar-refractivity contribution in [3.05, 3.63) is 63.8 Å². The standard InChI is InChI=1S/C20H17ClF2N2O4/c1-9(19(28)24-8-26)15-10(2)25(20(29)11-3-5-12(21)6-4-11)14-7-13(22)18(27)17(23)16(14)15/h3-7,9,26-27H,8H2,1-2H3,(H,24,28). The number of benzene rings is 2. The first-order valence-corrected chi connectivity index (χ1v) is 8.97. The fourth-order valence-corrected chi connectivity index (χ4v) is 3.51. The fraction of sp³-hybridized carbons (Fsp3) is 0.200. The van der Waals surface area contributed by atoms with Gasteiger partial charge in [-0.05, 0) is 43.7 Å². The van der Waals surface area contributed by atoms with Gasteiger partial charge in [0.25, 0.3) is 5.91 Å². The lowest BCUT2D eigenvalue weighted by molar-refractivity contribution is -0.123. The largest absolute Gasteiger partial charge is 0.503 e. The highest BCUT2D eigenvalue weighted by atomic mass is 35.5. The average molecular weight is 423 g/mol. The molecule has 0 aliphatic rings. The second-order valence-electron chi connectivity index (χ2n) is 6.48. The van der Waals surface area contributed by atoms with E-state index >= 15 is 0 Å². The van der Waals surface area contributed by atoms with Gasteiger partial charge >= 0.3 is 0 Å². The summed E-state index contributed by atoms with van der Waals surface area (Å²) in [6.45, 7) is 2.30. The third-order valence-electron chi connectivity index (χ3n) is 4.78. The van der Waals surface area contributed by atoms with E-state index in [2.05, 4.69) is 5.32 Å². The van der Waals surface area contributed by atoms with E-state index < -0.39 is 41.8 Å². The summed E-state index contributed by atoms with van der Waals surface area (Å²) in [6, 6.07) is 6.77. The molecule has 0 radical (unpaired) electrons. The van der Waals surface area contributed by atoms with Crippen LogP contribution >= 0.6 is 11.6 Å². The molecule has 0 bridgehead atoms. The number of hydrogen-bond acceptors (Lipinski definition) is 4. The second kappa shape index (κ2) is 7.81. The van der Waals surface area contributed by atoms with Gasteiger partial charge in [0.2, 0.25) is 5.91 Å². The van der Waals surface area contributed by atoms with Crippen LogP contribution in [-0.4, -0.2) is 33.3 Å². The van der Waals surface area contributed by atoms with E-state index in [-0.39, 0.29) is 27.7 Å². The van der Waals surface area contributed by atoms with E-state index in [1.54, 1.807) is 0 Å². The van der Waals surface area contributed by atoms with Gasteiger partial charge in [-0.15, -0.1) is 0 Å². The van der Waals surface area contributed by atoms with Gasteiger partial charge in [-0.2, -0.15) is 0 Å². The van der Waals surface area contributed by atoms with E-state index in [4.69, 9.17) is 16.7 Å². The van der Waals surface area contributed by atoms with E-state index in [9.17, 15) is 23.5 Å². The summed E-state index contributed by atoms with van der Waals surface area (Å²) in [6.07, 6.45) is 0. The number of aromatic hydroxyl groups is 1. The smallest absolute Gasteiger partial charge is 0.262 e. The summed E-state index contributed by atoms with van der Waals surface area (Å²) in [7, 11) is 0. The Morgan fingerprint density at radius 3 is 2.45 bits per heavy atom. The summed E-state index contributed by atoms with van der Waals surface area (Å²) >= 11 is 5.85. The number of fused-ring (bicyclic) bond motifs is 1. The maximum absolute atomic E-state index is 14.8. The molecule has 0 saturated carbocycles. The predicted octanol–water partition coefficient (Wildman–Crippen LogP) is 3.44. The van der Waals surface area contributed by atoms with Crippen molar-refractivity contribution in [3.8, 4) is 5.75 Å². The quantitative estimate of drug-likeness (QED) is 0.562. The van der Waals surface area contributed by atoms with Crippen molar-refractivity contribution in [2.45, 2.75) is 19.8 Å². The molecule has 152 valence electrons. The van der Waals surface area contributed by atoms with Crippen molar-refractivity contribution >= 4 is 34.3 Å². The molecule has 3 rings (SSSR count). The zero-order chi connectivity index (χ0) is 21.5. The number of aliphatic hydroxyl groups is 1. The first kappa shape index (κ1) is 20.8. The number of aliphatic hydroxyl groups excluding tert-OH is 1. The first-order valence-electron chi connectivity index (χ1n) is 8.59. The van der Waals surface area contributed by atoms with Gasteiger partial charge in [-0.1, -0.05) is 11.6 Å². The Hall–Kier alpha value is -2.97. The van der Waals surface area contributed by atoms with Crippen LogP contribution in [0.25, 0.3) is 10.9 Å². The average Bonchev–Trinajstić information content (AvgIpc) is 2.97. The lowest BCUT2D eigenvalue weighted by atomic mass is 9.96. The summed E-state index contributed by atoms with van der Waals surface area (Å²) in [4.78, 5) is 25.4. The zero-order valence-corrected chi connectivity index (χ0v) is 16.2. The molecule has 0 aliphatic carbocycles. The minimum absolute atomic E-state index is 0.0982. The highest BCUT2D eigenvalue weighted by Crippen LogP contribution is 2.38. The molecule has 1 atom stereocenters. The van der Waals surface area contributed by atoms with Gasteiger partial charge < -0.3 is 15.5 Å². The normalized spacial score (nSPS) is 12.2.